The van der Waals surface area contributed by atoms with Crippen molar-refractivity contribution in [3.05, 3.63) is 54.6 Å². The number of nitrogens with one attached hydrogen (secondary N) is 1. The lowest BCUT2D eigenvalue weighted by molar-refractivity contribution is -0.195. The fourth-order valence-electron chi connectivity index (χ4n) is 3.50. The number of benzene rings is 2. The number of alkyl halides is 1. The maximum absolute atomic E-state index is 13.3. The molecule has 2 aromatic carbocycles. The number of hydrogen-bond acceptors (Lipinski definition) is 5. The van der Waals surface area contributed by atoms with E-state index in [1.54, 1.807) is 0 Å². The molecule has 30 heavy (non-hydrogen) atoms. The highest BCUT2D eigenvalue weighted by atomic mass is 18.2. The van der Waals surface area contributed by atoms with Crippen LogP contribution in [0.3, 0.4) is 0 Å². The predicted molar refractivity (Wildman–Crippen MR) is 117 cm³/mol. The minimum atomic E-state index is -0.634. The second-order valence-electron chi connectivity index (χ2n) is 7.40. The van der Waals surface area contributed by atoms with Crippen LogP contribution in [0, 0.1) is 0 Å². The Morgan fingerprint density at radius 1 is 1.13 bits per heavy atom. The van der Waals surface area contributed by atoms with Crippen molar-refractivity contribution in [2.45, 2.75) is 31.7 Å². The van der Waals surface area contributed by atoms with Crippen LogP contribution in [0.5, 0.6) is 5.75 Å². The first-order valence-corrected chi connectivity index (χ1v) is 10.4. The van der Waals surface area contributed by atoms with E-state index in [0.29, 0.717) is 12.4 Å². The molecule has 1 aromatic heterocycles. The van der Waals surface area contributed by atoms with E-state index in [2.05, 4.69) is 5.32 Å². The average Bonchev–Trinajstić information content (AvgIpc) is 2.82. The SMILES string of the molecule is CNc1ccc(-c2ccc3cc(OCC(C[18F])OC4CCCCO4)ccc3n2)cc1. The van der Waals surface area contributed by atoms with E-state index in [0.717, 1.165) is 47.1 Å². The highest BCUT2D eigenvalue weighted by Gasteiger charge is 2.20. The molecule has 0 radical (unpaired) electrons. The molecule has 0 bridgehead atoms. The molecule has 0 spiro atoms. The van der Waals surface area contributed by atoms with E-state index in [4.69, 9.17) is 19.2 Å². The van der Waals surface area contributed by atoms with Gasteiger partial charge in [-0.15, -0.1) is 0 Å². The Morgan fingerprint density at radius 2 is 2.00 bits per heavy atom. The molecule has 1 aliphatic heterocycles. The zero-order chi connectivity index (χ0) is 20.8. The molecule has 2 atom stereocenters. The number of anilines is 1. The first-order chi connectivity index (χ1) is 14.7. The van der Waals surface area contributed by atoms with Crippen molar-refractivity contribution < 1.29 is 18.6 Å². The first-order valence-electron chi connectivity index (χ1n) is 10.4. The van der Waals surface area contributed by atoms with Gasteiger partial charge >= 0.3 is 0 Å². The Kier molecular flexibility index (Phi) is 6.77. The zero-order valence-electron chi connectivity index (χ0n) is 17.1. The maximum atomic E-state index is 13.3. The largest absolute Gasteiger partial charge is 0.491 e. The van der Waals surface area contributed by atoms with Crippen molar-refractivity contribution in [3.8, 4) is 17.0 Å². The summed E-state index contributed by atoms with van der Waals surface area (Å²) in [5.74, 6) is 0.669. The number of rotatable bonds is 8. The summed E-state index contributed by atoms with van der Waals surface area (Å²) >= 11 is 0. The van der Waals surface area contributed by atoms with Crippen molar-refractivity contribution in [1.82, 2.24) is 4.98 Å². The van der Waals surface area contributed by atoms with E-state index < -0.39 is 12.8 Å². The summed E-state index contributed by atoms with van der Waals surface area (Å²) in [6.45, 7) is 0.208. The van der Waals surface area contributed by atoms with E-state index in [1.807, 2.05) is 61.6 Å². The molecule has 3 aromatic rings. The Balaban J connectivity index is 1.41. The molecule has 1 N–H and O–H groups in total. The minimum absolute atomic E-state index is 0.144. The lowest BCUT2D eigenvalue weighted by atomic mass is 10.1. The van der Waals surface area contributed by atoms with Crippen LogP contribution in [0.2, 0.25) is 0 Å². The van der Waals surface area contributed by atoms with Crippen LogP contribution in [-0.4, -0.2) is 44.3 Å². The molecule has 1 saturated heterocycles. The Bertz CT molecular complexity index is 958. The zero-order valence-corrected chi connectivity index (χ0v) is 17.1. The highest BCUT2D eigenvalue weighted by Crippen LogP contribution is 2.25. The summed E-state index contributed by atoms with van der Waals surface area (Å²) in [7, 11) is 1.90. The van der Waals surface area contributed by atoms with Crippen LogP contribution in [-0.2, 0) is 9.47 Å². The minimum Gasteiger partial charge on any atom is -0.491 e. The number of ether oxygens (including phenoxy) is 3. The number of fused-ring (bicyclic) bond motifs is 1. The number of nitrogens with zero attached hydrogens (tertiary/aromatic N) is 1. The first kappa shape index (κ1) is 20.6. The summed E-state index contributed by atoms with van der Waals surface area (Å²) < 4.78 is 30.4. The predicted octanol–water partition coefficient (Wildman–Crippen LogP) is 5.20. The number of pyridine rings is 1. The van der Waals surface area contributed by atoms with Gasteiger partial charge in [0.05, 0.1) is 11.2 Å². The number of hydrogen-bond donors (Lipinski definition) is 1. The fourth-order valence-corrected chi connectivity index (χ4v) is 3.50. The second kappa shape index (κ2) is 9.87. The van der Waals surface area contributed by atoms with Crippen molar-refractivity contribution in [2.24, 2.45) is 0 Å². The lowest BCUT2D eigenvalue weighted by Gasteiger charge is -2.26. The third kappa shape index (κ3) is 5.07. The van der Waals surface area contributed by atoms with Crippen LogP contribution in [0.1, 0.15) is 19.3 Å². The fraction of sp³-hybridized carbons (Fsp3) is 0.375. The van der Waals surface area contributed by atoms with Crippen molar-refractivity contribution in [2.75, 3.05) is 32.3 Å². The van der Waals surface area contributed by atoms with Gasteiger partial charge in [-0.05, 0) is 55.7 Å². The molecule has 2 heterocycles. The van der Waals surface area contributed by atoms with Crippen LogP contribution in [0.25, 0.3) is 22.2 Å². The summed E-state index contributed by atoms with van der Waals surface area (Å²) in [6.07, 6.45) is 1.92. The molecule has 6 heteroatoms. The van der Waals surface area contributed by atoms with E-state index >= 15 is 0 Å². The smallest absolute Gasteiger partial charge is 0.158 e. The second-order valence-corrected chi connectivity index (χ2v) is 7.40. The molecule has 0 amide bonds. The molecular weight excluding hydrogens is 382 g/mol. The van der Waals surface area contributed by atoms with Crippen molar-refractivity contribution in [1.29, 1.82) is 0 Å². The van der Waals surface area contributed by atoms with Gasteiger partial charge in [0.1, 0.15) is 25.1 Å². The van der Waals surface area contributed by atoms with Gasteiger partial charge in [0, 0.05) is 30.3 Å². The molecular formula is C24H27FN2O3. The van der Waals surface area contributed by atoms with Crippen molar-refractivity contribution in [3.63, 3.8) is 0 Å². The van der Waals surface area contributed by atoms with Gasteiger partial charge in [0.15, 0.2) is 6.29 Å². The van der Waals surface area contributed by atoms with Gasteiger partial charge in [-0.3, -0.25) is 0 Å². The molecule has 0 saturated carbocycles. The standard InChI is InChI=1S/C24H27FN2O3/c1-26-19-8-5-17(6-9-19)22-11-7-18-14-20(10-12-23(18)27-22)29-16-21(15-25)30-24-4-2-3-13-28-24/h5-12,14,21,24,26H,2-4,13,15-16H2,1H3/i25-1. The molecule has 158 valence electrons. The van der Waals surface area contributed by atoms with Gasteiger partial charge in [-0.1, -0.05) is 18.2 Å². The maximum Gasteiger partial charge on any atom is 0.158 e. The van der Waals surface area contributed by atoms with Crippen LogP contribution in [0.15, 0.2) is 54.6 Å². The third-order valence-corrected chi connectivity index (χ3v) is 5.22. The van der Waals surface area contributed by atoms with Gasteiger partial charge < -0.3 is 19.5 Å². The summed E-state index contributed by atoms with van der Waals surface area (Å²) in [5, 5.41) is 4.08. The summed E-state index contributed by atoms with van der Waals surface area (Å²) in [4.78, 5) is 4.75. The van der Waals surface area contributed by atoms with Gasteiger partial charge in [0.25, 0.3) is 0 Å². The Morgan fingerprint density at radius 3 is 2.73 bits per heavy atom. The molecule has 5 nitrogen and oxygen atoms in total. The lowest BCUT2D eigenvalue weighted by Crippen LogP contribution is -2.32. The summed E-state index contributed by atoms with van der Waals surface area (Å²) in [5.41, 5.74) is 3.92. The Hall–Kier alpha value is -2.70. The van der Waals surface area contributed by atoms with Crippen molar-refractivity contribution >= 4 is 16.6 Å². The number of aromatic nitrogens is 1. The van der Waals surface area contributed by atoms with Gasteiger partial charge in [-0.25, -0.2) is 9.37 Å². The van der Waals surface area contributed by atoms with Crippen LogP contribution < -0.4 is 10.1 Å². The topological polar surface area (TPSA) is 52.6 Å². The monoisotopic (exact) mass is 409 g/mol. The highest BCUT2D eigenvalue weighted by molar-refractivity contribution is 5.83. The van der Waals surface area contributed by atoms with Gasteiger partial charge in [0.2, 0.25) is 0 Å². The Labute approximate surface area is 176 Å². The normalized spacial score (nSPS) is 17.6. The molecule has 0 aliphatic carbocycles. The number of halogens is 1. The van der Waals surface area contributed by atoms with E-state index in [1.165, 1.54) is 0 Å². The summed E-state index contributed by atoms with van der Waals surface area (Å²) in [6, 6.07) is 17.9. The van der Waals surface area contributed by atoms with E-state index in [9.17, 15) is 4.39 Å². The van der Waals surface area contributed by atoms with Crippen LogP contribution >= 0.6 is 0 Å². The average molecular weight is 409 g/mol. The molecule has 2 unspecified atom stereocenters. The molecule has 1 aliphatic rings. The third-order valence-electron chi connectivity index (χ3n) is 5.22. The molecule has 4 rings (SSSR count). The van der Waals surface area contributed by atoms with Crippen LogP contribution in [0.4, 0.5) is 10.1 Å². The molecule has 1 fully saturated rings. The quantitative estimate of drug-likeness (QED) is 0.554. The van der Waals surface area contributed by atoms with Gasteiger partial charge in [-0.2, -0.15) is 0 Å². The van der Waals surface area contributed by atoms with E-state index in [-0.39, 0.29) is 12.9 Å².